The minimum absolute atomic E-state index is 0.0872. The van der Waals surface area contributed by atoms with Gasteiger partial charge in [0.25, 0.3) is 0 Å². The van der Waals surface area contributed by atoms with Crippen LogP contribution in [-0.4, -0.2) is 41.9 Å². The van der Waals surface area contributed by atoms with E-state index >= 15 is 0 Å². The molecule has 0 radical (unpaired) electrons. The average Bonchev–Trinajstić information content (AvgIpc) is 2.34. The third kappa shape index (κ3) is 2.53. The lowest BCUT2D eigenvalue weighted by molar-refractivity contribution is -0.148. The summed E-state index contributed by atoms with van der Waals surface area (Å²) in [5, 5.41) is 10.3. The molecule has 1 heterocycles. The molecule has 1 atom stereocenters. The Hall–Kier alpha value is -1.82. The van der Waals surface area contributed by atoms with Gasteiger partial charge in [-0.25, -0.2) is 9.59 Å². The van der Waals surface area contributed by atoms with Gasteiger partial charge in [0, 0.05) is 0 Å². The van der Waals surface area contributed by atoms with Gasteiger partial charge in [-0.1, -0.05) is 12.7 Å². The van der Waals surface area contributed by atoms with Crippen LogP contribution in [0, 0.1) is 0 Å². The molecule has 1 aliphatic heterocycles. The van der Waals surface area contributed by atoms with Gasteiger partial charge < -0.3 is 19.5 Å². The van der Waals surface area contributed by atoms with Gasteiger partial charge in [-0.3, -0.25) is 0 Å². The monoisotopic (exact) mass is 255 g/mol. The van der Waals surface area contributed by atoms with Gasteiger partial charge in [0.05, 0.1) is 14.2 Å². The van der Waals surface area contributed by atoms with Crippen LogP contribution in [0.15, 0.2) is 24.0 Å². The number of allylic oxidation sites excluding steroid dienone is 1. The molecule has 0 aromatic rings. The highest BCUT2D eigenvalue weighted by molar-refractivity contribution is 5.93. The van der Waals surface area contributed by atoms with Gasteiger partial charge in [-0.05, 0) is 19.8 Å². The first-order valence-electron chi connectivity index (χ1n) is 5.43. The molecule has 1 N–H and O–H groups in total. The first-order chi connectivity index (χ1) is 8.35. The summed E-state index contributed by atoms with van der Waals surface area (Å²) in [6, 6.07) is 0. The van der Waals surface area contributed by atoms with Crippen LogP contribution in [0.4, 0.5) is 0 Å². The molecule has 0 spiro atoms. The maximum atomic E-state index is 11.6. The maximum absolute atomic E-state index is 11.6. The number of hydrogen-bond donors (Lipinski definition) is 1. The van der Waals surface area contributed by atoms with Crippen molar-refractivity contribution in [2.75, 3.05) is 14.2 Å². The van der Waals surface area contributed by atoms with Crippen LogP contribution in [0.5, 0.6) is 0 Å². The molecule has 6 heteroatoms. The van der Waals surface area contributed by atoms with Crippen LogP contribution >= 0.6 is 0 Å². The molecule has 0 saturated heterocycles. The summed E-state index contributed by atoms with van der Waals surface area (Å²) in [7, 11) is 2.43. The van der Waals surface area contributed by atoms with Crippen LogP contribution in [-0.2, 0) is 19.1 Å². The van der Waals surface area contributed by atoms with Crippen molar-refractivity contribution >= 4 is 11.9 Å². The third-order valence-electron chi connectivity index (χ3n) is 2.76. The predicted molar refractivity (Wildman–Crippen MR) is 63.0 cm³/mol. The van der Waals surface area contributed by atoms with E-state index in [0.29, 0.717) is 12.8 Å². The summed E-state index contributed by atoms with van der Waals surface area (Å²) < 4.78 is 9.17. The molecule has 0 aromatic carbocycles. The molecule has 0 fully saturated rings. The Morgan fingerprint density at radius 1 is 1.44 bits per heavy atom. The quantitative estimate of drug-likeness (QED) is 0.585. The molecule has 0 aliphatic carbocycles. The summed E-state index contributed by atoms with van der Waals surface area (Å²) >= 11 is 0. The summed E-state index contributed by atoms with van der Waals surface area (Å²) in [4.78, 5) is 24.3. The van der Waals surface area contributed by atoms with Crippen molar-refractivity contribution in [1.29, 1.82) is 0 Å². The van der Waals surface area contributed by atoms with Crippen molar-refractivity contribution in [3.05, 3.63) is 24.0 Å². The van der Waals surface area contributed by atoms with Crippen molar-refractivity contribution in [2.45, 2.75) is 25.5 Å². The highest BCUT2D eigenvalue weighted by Crippen LogP contribution is 2.32. The number of carbonyl (C=O) groups excluding carboxylic acids is 2. The van der Waals surface area contributed by atoms with Crippen LogP contribution in [0.2, 0.25) is 0 Å². The number of ether oxygens (including phenoxy) is 2. The van der Waals surface area contributed by atoms with Gasteiger partial charge in [-0.2, -0.15) is 0 Å². The fraction of sp³-hybridized carbons (Fsp3) is 0.500. The van der Waals surface area contributed by atoms with E-state index in [-0.39, 0.29) is 11.4 Å². The van der Waals surface area contributed by atoms with Gasteiger partial charge in [0.15, 0.2) is 0 Å². The van der Waals surface area contributed by atoms with Crippen molar-refractivity contribution < 1.29 is 24.2 Å². The molecular formula is C12H17NO5. The average molecular weight is 255 g/mol. The maximum Gasteiger partial charge on any atom is 0.354 e. The SMILES string of the molecule is C=C(C(=O)OC)N1C(C(=O)OC)=CCCC1(C)O. The van der Waals surface area contributed by atoms with Crippen LogP contribution in [0.25, 0.3) is 0 Å². The fourth-order valence-electron chi connectivity index (χ4n) is 1.87. The molecule has 1 unspecified atom stereocenters. The van der Waals surface area contributed by atoms with Crippen LogP contribution < -0.4 is 0 Å². The second-order valence-corrected chi connectivity index (χ2v) is 4.11. The van der Waals surface area contributed by atoms with Crippen LogP contribution in [0.1, 0.15) is 19.8 Å². The topological polar surface area (TPSA) is 76.1 Å². The second kappa shape index (κ2) is 5.22. The Morgan fingerprint density at radius 3 is 2.56 bits per heavy atom. The van der Waals surface area contributed by atoms with E-state index in [1.165, 1.54) is 21.1 Å². The van der Waals surface area contributed by atoms with E-state index < -0.39 is 17.7 Å². The van der Waals surface area contributed by atoms with Crippen molar-refractivity contribution in [1.82, 2.24) is 4.90 Å². The van der Waals surface area contributed by atoms with Crippen molar-refractivity contribution in [3.8, 4) is 0 Å². The summed E-state index contributed by atoms with van der Waals surface area (Å²) in [5.41, 5.74) is -1.41. The van der Waals surface area contributed by atoms with Gasteiger partial charge in [-0.15, -0.1) is 0 Å². The van der Waals surface area contributed by atoms with Gasteiger partial charge in [0.2, 0.25) is 0 Å². The molecule has 1 rings (SSSR count). The zero-order chi connectivity index (χ0) is 13.9. The van der Waals surface area contributed by atoms with E-state index in [9.17, 15) is 14.7 Å². The summed E-state index contributed by atoms with van der Waals surface area (Å²) in [6.45, 7) is 5.05. The molecule has 6 nitrogen and oxygen atoms in total. The zero-order valence-corrected chi connectivity index (χ0v) is 10.7. The number of aliphatic hydroxyl groups is 1. The first-order valence-corrected chi connectivity index (χ1v) is 5.43. The van der Waals surface area contributed by atoms with E-state index in [1.807, 2.05) is 0 Å². The normalized spacial score (nSPS) is 23.1. The number of hydrogen-bond acceptors (Lipinski definition) is 6. The Bertz CT molecular complexity index is 411. The van der Waals surface area contributed by atoms with Gasteiger partial charge >= 0.3 is 11.9 Å². The first kappa shape index (κ1) is 14.2. The minimum Gasteiger partial charge on any atom is -0.464 e. The standard InChI is InChI=1S/C12H17NO5/c1-8(10(14)17-3)13-9(11(15)18-4)6-5-7-12(13,2)16/h6,16H,1,5,7H2,2-4H3. The van der Waals surface area contributed by atoms with Gasteiger partial charge in [0.1, 0.15) is 17.1 Å². The fourth-order valence-corrected chi connectivity index (χ4v) is 1.87. The van der Waals surface area contributed by atoms with E-state index in [4.69, 9.17) is 0 Å². The summed E-state index contributed by atoms with van der Waals surface area (Å²) in [6.07, 6.45) is 2.46. The van der Waals surface area contributed by atoms with E-state index in [0.717, 1.165) is 4.90 Å². The minimum atomic E-state index is -1.39. The number of carbonyl (C=O) groups is 2. The molecule has 0 saturated carbocycles. The number of methoxy groups -OCH3 is 2. The van der Waals surface area contributed by atoms with Crippen molar-refractivity contribution in [2.24, 2.45) is 0 Å². The molecule has 0 amide bonds. The largest absolute Gasteiger partial charge is 0.464 e. The smallest absolute Gasteiger partial charge is 0.354 e. The van der Waals surface area contributed by atoms with E-state index in [2.05, 4.69) is 16.1 Å². The van der Waals surface area contributed by atoms with Crippen LogP contribution in [0.3, 0.4) is 0 Å². The Kier molecular flexibility index (Phi) is 4.13. The summed E-state index contributed by atoms with van der Waals surface area (Å²) in [5.74, 6) is -1.35. The lowest BCUT2D eigenvalue weighted by atomic mass is 9.99. The lowest BCUT2D eigenvalue weighted by Gasteiger charge is -2.41. The molecular weight excluding hydrogens is 238 g/mol. The Labute approximate surface area is 105 Å². The van der Waals surface area contributed by atoms with Crippen molar-refractivity contribution in [3.63, 3.8) is 0 Å². The number of esters is 2. The predicted octanol–water partition coefficient (Wildman–Crippen LogP) is 0.534. The number of nitrogens with zero attached hydrogens (tertiary/aromatic N) is 1. The molecule has 100 valence electrons. The Morgan fingerprint density at radius 2 is 2.06 bits per heavy atom. The lowest BCUT2D eigenvalue weighted by Crippen LogP contribution is -2.50. The Balaban J connectivity index is 3.17. The second-order valence-electron chi connectivity index (χ2n) is 4.11. The number of rotatable bonds is 3. The van der Waals surface area contributed by atoms with E-state index in [1.54, 1.807) is 6.08 Å². The molecule has 1 aliphatic rings. The highest BCUT2D eigenvalue weighted by atomic mass is 16.5. The molecule has 0 bridgehead atoms. The highest BCUT2D eigenvalue weighted by Gasteiger charge is 2.40. The molecule has 18 heavy (non-hydrogen) atoms. The molecule has 0 aromatic heterocycles. The third-order valence-corrected chi connectivity index (χ3v) is 2.76. The zero-order valence-electron chi connectivity index (χ0n) is 10.7.